The summed E-state index contributed by atoms with van der Waals surface area (Å²) >= 11 is 1.78. The molecule has 2 aromatic heterocycles. The van der Waals surface area contributed by atoms with Gasteiger partial charge in [0.1, 0.15) is 0 Å². The Morgan fingerprint density at radius 2 is 0.851 bits per heavy atom. The minimum absolute atomic E-state index is 0.743. The van der Waals surface area contributed by atoms with Crippen molar-refractivity contribution >= 4 is 42.4 Å². The van der Waals surface area contributed by atoms with E-state index in [0.29, 0.717) is 0 Å². The molecule has 220 valence electrons. The first-order chi connectivity index (χ1) is 23.3. The van der Waals surface area contributed by atoms with Gasteiger partial charge in [0.05, 0.1) is 15.9 Å². The number of rotatable bonds is 5. The van der Waals surface area contributed by atoms with Crippen LogP contribution in [0.2, 0.25) is 0 Å². The predicted molar refractivity (Wildman–Crippen MR) is 200 cm³/mol. The highest BCUT2D eigenvalue weighted by molar-refractivity contribution is 7.26. The Kier molecular flexibility index (Phi) is 6.69. The van der Waals surface area contributed by atoms with E-state index in [1.54, 1.807) is 11.3 Å². The molecule has 0 saturated heterocycles. The van der Waals surface area contributed by atoms with E-state index in [-0.39, 0.29) is 0 Å². The Morgan fingerprint density at radius 3 is 1.53 bits per heavy atom. The third kappa shape index (κ3) is 5.07. The van der Waals surface area contributed by atoms with Crippen molar-refractivity contribution in [2.75, 3.05) is 0 Å². The summed E-state index contributed by atoms with van der Waals surface area (Å²) in [6, 6.07) is 60.4. The van der Waals surface area contributed by atoms with Crippen LogP contribution in [0.15, 0.2) is 170 Å². The van der Waals surface area contributed by atoms with Gasteiger partial charge in [0.15, 0.2) is 5.82 Å². The third-order valence-electron chi connectivity index (χ3n) is 8.87. The smallest absolute Gasteiger partial charge is 0.160 e. The molecular weight excluding hydrogens is 589 g/mol. The van der Waals surface area contributed by atoms with Gasteiger partial charge in [0.2, 0.25) is 0 Å². The number of hydrogen-bond donors (Lipinski definition) is 0. The van der Waals surface area contributed by atoms with Gasteiger partial charge in [-0.3, -0.25) is 0 Å². The summed E-state index contributed by atoms with van der Waals surface area (Å²) in [5.74, 6) is 0.743. The number of thiophene rings is 1. The number of nitrogens with zero attached hydrogens (tertiary/aromatic N) is 2. The van der Waals surface area contributed by atoms with Gasteiger partial charge in [-0.05, 0) is 68.4 Å². The molecule has 0 amide bonds. The average Bonchev–Trinajstić information content (AvgIpc) is 3.51. The highest BCUT2D eigenvalue weighted by Gasteiger charge is 2.18. The molecule has 0 spiro atoms. The zero-order chi connectivity index (χ0) is 31.2. The zero-order valence-electron chi connectivity index (χ0n) is 25.5. The van der Waals surface area contributed by atoms with Crippen molar-refractivity contribution in [1.82, 2.24) is 9.97 Å². The van der Waals surface area contributed by atoms with E-state index in [4.69, 9.17) is 9.97 Å². The molecule has 0 saturated carbocycles. The van der Waals surface area contributed by atoms with Crippen molar-refractivity contribution in [2.24, 2.45) is 0 Å². The van der Waals surface area contributed by atoms with E-state index in [1.165, 1.54) is 48.7 Å². The molecule has 3 heteroatoms. The first-order valence-corrected chi connectivity index (χ1v) is 16.6. The van der Waals surface area contributed by atoms with Gasteiger partial charge in [-0.1, -0.05) is 146 Å². The Labute approximate surface area is 277 Å². The molecule has 0 aliphatic rings. The molecule has 7 aromatic carbocycles. The second-order valence-corrected chi connectivity index (χ2v) is 12.9. The van der Waals surface area contributed by atoms with E-state index in [2.05, 4.69) is 152 Å². The van der Waals surface area contributed by atoms with Crippen LogP contribution in [0.5, 0.6) is 0 Å². The summed E-state index contributed by atoms with van der Waals surface area (Å²) in [4.78, 5) is 10.4. The number of hydrogen-bond acceptors (Lipinski definition) is 3. The summed E-state index contributed by atoms with van der Waals surface area (Å²) < 4.78 is 2.33. The summed E-state index contributed by atoms with van der Waals surface area (Å²) in [7, 11) is 0. The van der Waals surface area contributed by atoms with E-state index >= 15 is 0 Å². The fourth-order valence-corrected chi connectivity index (χ4v) is 7.63. The van der Waals surface area contributed by atoms with Crippen LogP contribution in [0, 0.1) is 0 Å². The van der Waals surface area contributed by atoms with Crippen molar-refractivity contribution in [3.63, 3.8) is 0 Å². The molecule has 2 heterocycles. The third-order valence-corrected chi connectivity index (χ3v) is 10.0. The van der Waals surface area contributed by atoms with Crippen LogP contribution < -0.4 is 0 Å². The molecular formula is C44H28N2S. The summed E-state index contributed by atoms with van der Waals surface area (Å²) in [5.41, 5.74) is 11.2. The van der Waals surface area contributed by atoms with Crippen molar-refractivity contribution in [1.29, 1.82) is 0 Å². The van der Waals surface area contributed by atoms with Crippen molar-refractivity contribution in [2.45, 2.75) is 0 Å². The second-order valence-electron chi connectivity index (χ2n) is 11.8. The lowest BCUT2D eigenvalue weighted by Gasteiger charge is -2.10. The van der Waals surface area contributed by atoms with Crippen LogP contribution in [-0.4, -0.2) is 9.97 Å². The quantitative estimate of drug-likeness (QED) is 0.192. The molecule has 9 aromatic rings. The molecule has 9 rings (SSSR count). The lowest BCUT2D eigenvalue weighted by atomic mass is 9.96. The van der Waals surface area contributed by atoms with Crippen molar-refractivity contribution in [3.8, 4) is 56.0 Å². The lowest BCUT2D eigenvalue weighted by molar-refractivity contribution is 1.24. The molecule has 0 atom stereocenters. The van der Waals surface area contributed by atoms with Crippen LogP contribution in [0.25, 0.3) is 87.1 Å². The van der Waals surface area contributed by atoms with E-state index in [0.717, 1.165) is 38.4 Å². The molecule has 0 bridgehead atoms. The number of benzene rings is 7. The molecule has 2 nitrogen and oxygen atoms in total. The normalized spacial score (nSPS) is 11.4. The molecule has 47 heavy (non-hydrogen) atoms. The highest BCUT2D eigenvalue weighted by atomic mass is 32.1. The Hall–Kier alpha value is -5.90. The summed E-state index contributed by atoms with van der Waals surface area (Å²) in [6.07, 6.45) is 0. The number of fused-ring (bicyclic) bond motifs is 4. The van der Waals surface area contributed by atoms with Crippen LogP contribution in [0.1, 0.15) is 0 Å². The largest absolute Gasteiger partial charge is 0.226 e. The average molecular weight is 617 g/mol. The predicted octanol–water partition coefficient (Wildman–Crippen LogP) is 12.3. The summed E-state index contributed by atoms with van der Waals surface area (Å²) in [5, 5.41) is 3.63. The Morgan fingerprint density at radius 1 is 0.362 bits per heavy atom. The van der Waals surface area contributed by atoms with Crippen molar-refractivity contribution in [3.05, 3.63) is 170 Å². The number of aromatic nitrogens is 2. The molecule has 0 aliphatic carbocycles. The monoisotopic (exact) mass is 616 g/mol. The van der Waals surface area contributed by atoms with Crippen LogP contribution >= 0.6 is 11.3 Å². The van der Waals surface area contributed by atoms with Gasteiger partial charge >= 0.3 is 0 Å². The second kappa shape index (κ2) is 11.5. The van der Waals surface area contributed by atoms with Gasteiger partial charge in [-0.15, -0.1) is 11.3 Å². The van der Waals surface area contributed by atoms with Crippen LogP contribution in [0.3, 0.4) is 0 Å². The minimum Gasteiger partial charge on any atom is -0.226 e. The van der Waals surface area contributed by atoms with Crippen molar-refractivity contribution < 1.29 is 0 Å². The topological polar surface area (TPSA) is 25.8 Å². The lowest BCUT2D eigenvalue weighted by Crippen LogP contribution is -1.93. The first kappa shape index (κ1) is 27.4. The zero-order valence-corrected chi connectivity index (χ0v) is 26.3. The maximum Gasteiger partial charge on any atom is 0.160 e. The molecule has 0 aliphatic heterocycles. The fraction of sp³-hybridized carbons (Fsp3) is 0. The van der Waals surface area contributed by atoms with Gasteiger partial charge in [-0.25, -0.2) is 9.97 Å². The van der Waals surface area contributed by atoms with Crippen LogP contribution in [0.4, 0.5) is 0 Å². The maximum absolute atomic E-state index is 5.24. The summed E-state index contributed by atoms with van der Waals surface area (Å²) in [6.45, 7) is 0. The van der Waals surface area contributed by atoms with Gasteiger partial charge in [0, 0.05) is 21.2 Å². The standard InChI is InChI=1S/C44H28N2S/c1-3-11-29(12-4-1)30-21-23-31(24-22-30)33-17-9-18-34(25-33)35-19-10-20-38(26-35)41-43-42(46-44(45-41)32-13-5-2-6-14-32)39-27-36-15-7-8-16-37(36)28-40(39)47-43/h1-28H. The van der Waals surface area contributed by atoms with Gasteiger partial charge in [0.25, 0.3) is 0 Å². The Balaban J connectivity index is 1.16. The first-order valence-electron chi connectivity index (χ1n) is 15.8. The SMILES string of the molecule is c1ccc(-c2ccc(-c3cccc(-c4cccc(-c5nc(-c6ccccc6)nc6c5sc5cc7ccccc7cc56)c4)c3)cc2)cc1. The molecule has 0 fully saturated rings. The maximum atomic E-state index is 5.24. The van der Waals surface area contributed by atoms with E-state index in [9.17, 15) is 0 Å². The fourth-order valence-electron chi connectivity index (χ4n) is 6.45. The minimum atomic E-state index is 0.743. The molecule has 0 radical (unpaired) electrons. The van der Waals surface area contributed by atoms with Gasteiger partial charge < -0.3 is 0 Å². The Bertz CT molecular complexity index is 2550. The van der Waals surface area contributed by atoms with E-state index < -0.39 is 0 Å². The highest BCUT2D eigenvalue weighted by Crippen LogP contribution is 2.41. The van der Waals surface area contributed by atoms with Crippen LogP contribution in [-0.2, 0) is 0 Å². The van der Waals surface area contributed by atoms with Gasteiger partial charge in [-0.2, -0.15) is 0 Å². The molecule has 0 N–H and O–H groups in total. The van der Waals surface area contributed by atoms with E-state index in [1.807, 2.05) is 18.2 Å². The molecule has 0 unspecified atom stereocenters.